The van der Waals surface area contributed by atoms with Gasteiger partial charge in [-0.2, -0.15) is 0 Å². The molecule has 0 bridgehead atoms. The maximum atomic E-state index is 12.8. The van der Waals surface area contributed by atoms with E-state index in [1.807, 2.05) is 18.2 Å². The van der Waals surface area contributed by atoms with E-state index >= 15 is 0 Å². The number of hydrogen-bond donors (Lipinski definition) is 1. The molecule has 26 heavy (non-hydrogen) atoms. The summed E-state index contributed by atoms with van der Waals surface area (Å²) < 4.78 is 11.1. The predicted octanol–water partition coefficient (Wildman–Crippen LogP) is 3.01. The van der Waals surface area contributed by atoms with Gasteiger partial charge in [-0.3, -0.25) is 4.79 Å². The van der Waals surface area contributed by atoms with Gasteiger partial charge in [0, 0.05) is 11.6 Å². The molecule has 1 saturated carbocycles. The number of thiazole rings is 1. The highest BCUT2D eigenvalue weighted by Gasteiger charge is 2.45. The first kappa shape index (κ1) is 15.9. The zero-order valence-electron chi connectivity index (χ0n) is 14.1. The minimum atomic E-state index is -0.638. The van der Waals surface area contributed by atoms with Crippen LogP contribution in [0, 0.1) is 0 Å². The summed E-state index contributed by atoms with van der Waals surface area (Å²) in [5, 5.41) is 4.44. The fourth-order valence-corrected chi connectivity index (χ4v) is 4.94. The van der Waals surface area contributed by atoms with Crippen LogP contribution in [0.3, 0.4) is 0 Å². The van der Waals surface area contributed by atoms with E-state index in [-0.39, 0.29) is 18.1 Å². The molecule has 8 heteroatoms. The molecular weight excluding hydrogens is 354 g/mol. The van der Waals surface area contributed by atoms with Crippen LogP contribution in [0.1, 0.15) is 36.0 Å². The molecule has 5 rings (SSSR count). The van der Waals surface area contributed by atoms with Crippen molar-refractivity contribution in [3.8, 4) is 0 Å². The zero-order chi connectivity index (χ0) is 17.7. The first-order valence-electron chi connectivity index (χ1n) is 8.99. The van der Waals surface area contributed by atoms with Crippen LogP contribution in [0.15, 0.2) is 18.2 Å². The molecular formula is C18H19N3O4S. The summed E-state index contributed by atoms with van der Waals surface area (Å²) in [5.74, 6) is -0.0698. The summed E-state index contributed by atoms with van der Waals surface area (Å²) in [5.41, 5.74) is 1.53. The van der Waals surface area contributed by atoms with Gasteiger partial charge in [-0.25, -0.2) is 9.78 Å². The van der Waals surface area contributed by atoms with E-state index in [0.717, 1.165) is 15.3 Å². The van der Waals surface area contributed by atoms with E-state index in [2.05, 4.69) is 10.3 Å². The number of hydrogen-bond acceptors (Lipinski definition) is 7. The van der Waals surface area contributed by atoms with E-state index < -0.39 is 6.16 Å². The lowest BCUT2D eigenvalue weighted by Crippen LogP contribution is -2.31. The molecule has 1 amide bonds. The highest BCUT2D eigenvalue weighted by molar-refractivity contribution is 7.22. The van der Waals surface area contributed by atoms with E-state index in [0.29, 0.717) is 24.7 Å². The number of ether oxygens (including phenoxy) is 2. The Morgan fingerprint density at radius 1 is 1.19 bits per heavy atom. The van der Waals surface area contributed by atoms with Crippen LogP contribution in [0.2, 0.25) is 0 Å². The topological polar surface area (TPSA) is 80.8 Å². The van der Waals surface area contributed by atoms with Crippen LogP contribution in [0.4, 0.5) is 9.93 Å². The number of amides is 1. The van der Waals surface area contributed by atoms with Crippen LogP contribution >= 0.6 is 11.3 Å². The first-order chi connectivity index (χ1) is 12.7. The Bertz CT molecular complexity index is 860. The van der Waals surface area contributed by atoms with Gasteiger partial charge in [0.05, 0.1) is 23.3 Å². The molecule has 2 aliphatic heterocycles. The minimum absolute atomic E-state index is 0.0698. The number of carbonyl (C=O) groups excluding carboxylic acids is 2. The van der Waals surface area contributed by atoms with Gasteiger partial charge in [-0.05, 0) is 31.0 Å². The van der Waals surface area contributed by atoms with E-state index in [4.69, 9.17) is 9.47 Å². The number of fused-ring (bicyclic) bond motifs is 2. The molecule has 1 aromatic carbocycles. The quantitative estimate of drug-likeness (QED) is 0.833. The van der Waals surface area contributed by atoms with Crippen LogP contribution in [0.25, 0.3) is 10.2 Å². The number of likely N-dealkylation sites (tertiary alicyclic amines) is 1. The second-order valence-electron chi connectivity index (χ2n) is 7.10. The normalized spacial score (nSPS) is 25.4. The zero-order valence-corrected chi connectivity index (χ0v) is 15.0. The van der Waals surface area contributed by atoms with Gasteiger partial charge in [0.15, 0.2) is 17.3 Å². The number of rotatable bonds is 3. The summed E-state index contributed by atoms with van der Waals surface area (Å²) in [6.45, 7) is 0.759. The molecule has 3 heterocycles. The average Bonchev–Trinajstić information content (AvgIpc) is 3.36. The van der Waals surface area contributed by atoms with Crippen molar-refractivity contribution in [3.63, 3.8) is 0 Å². The second kappa shape index (κ2) is 6.12. The van der Waals surface area contributed by atoms with Crippen molar-refractivity contribution in [2.24, 2.45) is 0 Å². The van der Waals surface area contributed by atoms with E-state index in [9.17, 15) is 9.59 Å². The van der Waals surface area contributed by atoms with Gasteiger partial charge in [0.2, 0.25) is 0 Å². The molecule has 1 aliphatic carbocycles. The van der Waals surface area contributed by atoms with E-state index in [1.54, 1.807) is 16.2 Å². The number of nitrogens with zero attached hydrogens (tertiary/aromatic N) is 2. The third-order valence-corrected chi connectivity index (χ3v) is 6.27. The smallest absolute Gasteiger partial charge is 0.425 e. The van der Waals surface area contributed by atoms with Gasteiger partial charge < -0.3 is 19.7 Å². The Labute approximate surface area is 154 Å². The Hall–Kier alpha value is -2.35. The summed E-state index contributed by atoms with van der Waals surface area (Å²) >= 11 is 1.59. The number of aromatic nitrogens is 1. The molecule has 0 unspecified atom stereocenters. The molecule has 3 aliphatic rings. The van der Waals surface area contributed by atoms with Gasteiger partial charge >= 0.3 is 6.16 Å². The fourth-order valence-electron chi connectivity index (χ4n) is 3.96. The van der Waals surface area contributed by atoms with Gasteiger partial charge in [-0.1, -0.05) is 24.2 Å². The molecule has 0 radical (unpaired) electrons. The second-order valence-corrected chi connectivity index (χ2v) is 8.13. The third kappa shape index (κ3) is 2.78. The average molecular weight is 373 g/mol. The van der Waals surface area contributed by atoms with Crippen LogP contribution in [0.5, 0.6) is 0 Å². The van der Waals surface area contributed by atoms with Crippen LogP contribution in [-0.2, 0) is 9.47 Å². The molecule has 2 aromatic rings. The third-order valence-electron chi connectivity index (χ3n) is 5.32. The molecule has 7 nitrogen and oxygen atoms in total. The maximum absolute atomic E-state index is 12.8. The summed E-state index contributed by atoms with van der Waals surface area (Å²) in [6, 6.07) is 6.12. The van der Waals surface area contributed by atoms with Crippen molar-refractivity contribution in [1.29, 1.82) is 0 Å². The fraction of sp³-hybridized carbons (Fsp3) is 0.500. The van der Waals surface area contributed by atoms with Crippen molar-refractivity contribution < 1.29 is 19.1 Å². The van der Waals surface area contributed by atoms with Crippen molar-refractivity contribution >= 4 is 38.7 Å². The van der Waals surface area contributed by atoms with Gasteiger partial charge in [0.25, 0.3) is 5.91 Å². The number of nitrogens with one attached hydrogen (secondary N) is 1. The Morgan fingerprint density at radius 3 is 2.65 bits per heavy atom. The van der Waals surface area contributed by atoms with Crippen molar-refractivity contribution in [1.82, 2.24) is 9.88 Å². The number of anilines is 1. The van der Waals surface area contributed by atoms with Crippen molar-refractivity contribution in [3.05, 3.63) is 23.8 Å². The van der Waals surface area contributed by atoms with Crippen molar-refractivity contribution in [2.75, 3.05) is 18.4 Å². The molecule has 0 spiro atoms. The highest BCUT2D eigenvalue weighted by atomic mass is 32.1. The monoisotopic (exact) mass is 373 g/mol. The molecule has 2 saturated heterocycles. The standard InChI is InChI=1S/C18H19N3O4S/c22-16(21-8-13-14(9-21)25-18(23)24-13)10-5-6-12-15(7-10)26-17(20-12)19-11-3-1-2-4-11/h5-7,11,13-14H,1-4,8-9H2,(H,19,20)/t13-,14+. The number of carbonyl (C=O) groups is 2. The molecule has 136 valence electrons. The molecule has 3 fully saturated rings. The highest BCUT2D eigenvalue weighted by Crippen LogP contribution is 2.31. The van der Waals surface area contributed by atoms with Crippen LogP contribution < -0.4 is 5.32 Å². The van der Waals surface area contributed by atoms with E-state index in [1.165, 1.54) is 25.7 Å². The summed E-state index contributed by atoms with van der Waals surface area (Å²) in [4.78, 5) is 30.2. The Kier molecular flexibility index (Phi) is 3.74. The minimum Gasteiger partial charge on any atom is -0.425 e. The predicted molar refractivity (Wildman–Crippen MR) is 96.5 cm³/mol. The Balaban J connectivity index is 1.32. The molecule has 2 atom stereocenters. The molecule has 1 N–H and O–H groups in total. The lowest BCUT2D eigenvalue weighted by atomic mass is 10.2. The largest absolute Gasteiger partial charge is 0.509 e. The first-order valence-corrected chi connectivity index (χ1v) is 9.81. The van der Waals surface area contributed by atoms with Gasteiger partial charge in [0.1, 0.15) is 0 Å². The summed E-state index contributed by atoms with van der Waals surface area (Å²) in [6.07, 6.45) is 3.62. The summed E-state index contributed by atoms with van der Waals surface area (Å²) in [7, 11) is 0. The molecule has 1 aromatic heterocycles. The Morgan fingerprint density at radius 2 is 1.92 bits per heavy atom. The van der Waals surface area contributed by atoms with Crippen molar-refractivity contribution in [2.45, 2.75) is 43.9 Å². The lowest BCUT2D eigenvalue weighted by molar-refractivity contribution is 0.0673. The number of benzene rings is 1. The maximum Gasteiger partial charge on any atom is 0.509 e. The van der Waals surface area contributed by atoms with Crippen LogP contribution in [-0.4, -0.2) is 53.3 Å². The van der Waals surface area contributed by atoms with Gasteiger partial charge in [-0.15, -0.1) is 0 Å². The SMILES string of the molecule is O=C1O[C@H]2CN(C(=O)c3ccc4nc(NC5CCCC5)sc4c3)C[C@H]2O1. The lowest BCUT2D eigenvalue weighted by Gasteiger charge is -2.16.